The second kappa shape index (κ2) is 6.78. The summed E-state index contributed by atoms with van der Waals surface area (Å²) in [5, 5.41) is 13.4. The zero-order valence-electron chi connectivity index (χ0n) is 17.3. The van der Waals surface area contributed by atoms with Crippen LogP contribution in [0.5, 0.6) is 0 Å². The number of piperidine rings is 1. The van der Waals surface area contributed by atoms with Crippen LogP contribution in [0.2, 0.25) is 13.1 Å². The largest absolute Gasteiger partial charge is 0.416 e. The van der Waals surface area contributed by atoms with Crippen LogP contribution in [0.15, 0.2) is 0 Å². The predicted molar refractivity (Wildman–Crippen MR) is 102 cm³/mol. The van der Waals surface area contributed by atoms with Crippen molar-refractivity contribution >= 4 is 9.04 Å². The monoisotopic (exact) mass is 343 g/mol. The molecule has 1 aliphatic rings. The number of hydrogen-bond acceptors (Lipinski definition) is 3. The summed E-state index contributed by atoms with van der Waals surface area (Å²) in [6.45, 7) is 22.5. The number of hydrogen-bond donors (Lipinski definition) is 1. The Morgan fingerprint density at radius 2 is 1.57 bits per heavy atom. The highest BCUT2D eigenvalue weighted by molar-refractivity contribution is 6.48. The molecule has 1 saturated heterocycles. The molecule has 0 aromatic carbocycles. The molecule has 3 atom stereocenters. The predicted octanol–water partition coefficient (Wildman–Crippen LogP) is 5.23. The summed E-state index contributed by atoms with van der Waals surface area (Å²) in [6, 6.07) is 0. The van der Waals surface area contributed by atoms with Crippen LogP contribution in [-0.2, 0) is 4.43 Å². The van der Waals surface area contributed by atoms with E-state index in [1.54, 1.807) is 5.06 Å². The average molecular weight is 344 g/mol. The molecule has 0 radical (unpaired) electrons. The molecule has 0 aromatic rings. The van der Waals surface area contributed by atoms with Gasteiger partial charge in [0.2, 0.25) is 0 Å². The lowest BCUT2D eigenvalue weighted by molar-refractivity contribution is -0.334. The number of rotatable bonds is 4. The lowest BCUT2D eigenvalue weighted by Crippen LogP contribution is -2.75. The van der Waals surface area contributed by atoms with Crippen LogP contribution in [-0.4, -0.2) is 36.5 Å². The van der Waals surface area contributed by atoms with E-state index < -0.39 is 9.04 Å². The van der Waals surface area contributed by atoms with Crippen molar-refractivity contribution < 1.29 is 9.63 Å². The van der Waals surface area contributed by atoms with Crippen molar-refractivity contribution in [1.82, 2.24) is 5.06 Å². The molecule has 4 heteroatoms. The Morgan fingerprint density at radius 1 is 1.04 bits per heavy atom. The Kier molecular flexibility index (Phi) is 6.23. The van der Waals surface area contributed by atoms with Gasteiger partial charge in [-0.15, -0.1) is 0 Å². The first-order valence-electron chi connectivity index (χ1n) is 9.45. The van der Waals surface area contributed by atoms with Gasteiger partial charge in [0.05, 0.1) is 17.2 Å². The van der Waals surface area contributed by atoms with Crippen LogP contribution in [0.1, 0.15) is 81.1 Å². The third-order valence-electron chi connectivity index (χ3n) is 6.39. The van der Waals surface area contributed by atoms with E-state index in [-0.39, 0.29) is 28.0 Å². The SMILES string of the molecule is CCC1(C(C)(C)C)CCC(O[SiH](C)C)C(CC)(C(C)(C)C)N1O. The highest BCUT2D eigenvalue weighted by Gasteiger charge is 2.63. The van der Waals surface area contributed by atoms with Gasteiger partial charge in [0.15, 0.2) is 9.04 Å². The molecule has 3 nitrogen and oxygen atoms in total. The molecule has 0 bridgehead atoms. The molecular weight excluding hydrogens is 302 g/mol. The van der Waals surface area contributed by atoms with Crippen LogP contribution in [0.25, 0.3) is 0 Å². The minimum absolute atomic E-state index is 0.0163. The van der Waals surface area contributed by atoms with Gasteiger partial charge in [-0.1, -0.05) is 55.4 Å². The van der Waals surface area contributed by atoms with Gasteiger partial charge in [-0.05, 0) is 49.6 Å². The van der Waals surface area contributed by atoms with Crippen LogP contribution < -0.4 is 0 Å². The fraction of sp³-hybridized carbons (Fsp3) is 1.00. The maximum Gasteiger partial charge on any atom is 0.171 e. The number of hydroxylamine groups is 2. The zero-order chi connectivity index (χ0) is 18.3. The van der Waals surface area contributed by atoms with Crippen molar-refractivity contribution in [2.45, 2.75) is 111 Å². The van der Waals surface area contributed by atoms with E-state index in [2.05, 4.69) is 68.5 Å². The molecule has 3 unspecified atom stereocenters. The quantitative estimate of drug-likeness (QED) is 0.709. The van der Waals surface area contributed by atoms with Crippen LogP contribution >= 0.6 is 0 Å². The van der Waals surface area contributed by atoms with Crippen molar-refractivity contribution in [3.05, 3.63) is 0 Å². The van der Waals surface area contributed by atoms with Crippen molar-refractivity contribution in [3.63, 3.8) is 0 Å². The molecule has 23 heavy (non-hydrogen) atoms. The van der Waals surface area contributed by atoms with Crippen molar-refractivity contribution in [1.29, 1.82) is 0 Å². The molecule has 0 aromatic heterocycles. The topological polar surface area (TPSA) is 32.7 Å². The zero-order valence-corrected chi connectivity index (χ0v) is 18.4. The highest BCUT2D eigenvalue weighted by atomic mass is 28.3. The summed E-state index contributed by atoms with van der Waals surface area (Å²) >= 11 is 0. The molecule has 0 amide bonds. The van der Waals surface area contributed by atoms with Gasteiger partial charge in [-0.2, -0.15) is 5.06 Å². The third kappa shape index (κ3) is 3.29. The Hall–Kier alpha value is 0.0969. The van der Waals surface area contributed by atoms with Gasteiger partial charge in [-0.25, -0.2) is 0 Å². The average Bonchev–Trinajstić information content (AvgIpc) is 2.36. The summed E-state index contributed by atoms with van der Waals surface area (Å²) in [5.41, 5.74) is -0.584. The van der Waals surface area contributed by atoms with Gasteiger partial charge < -0.3 is 9.63 Å². The minimum Gasteiger partial charge on any atom is -0.416 e. The lowest BCUT2D eigenvalue weighted by atomic mass is 9.57. The van der Waals surface area contributed by atoms with Crippen molar-refractivity contribution in [2.24, 2.45) is 10.8 Å². The van der Waals surface area contributed by atoms with Crippen LogP contribution in [0, 0.1) is 10.8 Å². The fourth-order valence-corrected chi connectivity index (χ4v) is 6.02. The first-order chi connectivity index (χ1) is 10.3. The molecule has 1 aliphatic heterocycles. The second-order valence-electron chi connectivity index (χ2n) is 9.69. The Morgan fingerprint density at radius 3 is 1.87 bits per heavy atom. The van der Waals surface area contributed by atoms with E-state index in [1.165, 1.54) is 0 Å². The summed E-state index contributed by atoms with van der Waals surface area (Å²) < 4.78 is 6.48. The van der Waals surface area contributed by atoms with Crippen LogP contribution in [0.4, 0.5) is 0 Å². The summed E-state index contributed by atoms with van der Waals surface area (Å²) in [4.78, 5) is 0. The molecule has 1 N–H and O–H groups in total. The van der Waals surface area contributed by atoms with Crippen molar-refractivity contribution in [2.75, 3.05) is 0 Å². The van der Waals surface area contributed by atoms with Crippen molar-refractivity contribution in [3.8, 4) is 0 Å². The molecular formula is C19H41NO2Si. The normalized spacial score (nSPS) is 34.2. The maximum absolute atomic E-state index is 11.7. The van der Waals surface area contributed by atoms with E-state index in [9.17, 15) is 5.21 Å². The Labute approximate surface area is 146 Å². The van der Waals surface area contributed by atoms with E-state index in [0.29, 0.717) is 0 Å². The minimum atomic E-state index is -1.17. The molecule has 0 aliphatic carbocycles. The molecule has 0 saturated carbocycles. The first kappa shape index (κ1) is 21.1. The molecule has 1 rings (SSSR count). The van der Waals surface area contributed by atoms with E-state index in [1.807, 2.05) is 0 Å². The van der Waals surface area contributed by atoms with E-state index in [0.717, 1.165) is 25.7 Å². The third-order valence-corrected chi connectivity index (χ3v) is 7.26. The molecule has 1 heterocycles. The van der Waals surface area contributed by atoms with Gasteiger partial charge in [0.1, 0.15) is 0 Å². The fourth-order valence-electron chi connectivity index (χ4n) is 5.00. The van der Waals surface area contributed by atoms with Gasteiger partial charge >= 0.3 is 0 Å². The number of nitrogens with zero attached hydrogens (tertiary/aromatic N) is 1. The summed E-state index contributed by atoms with van der Waals surface area (Å²) in [6.07, 6.45) is 4.00. The summed E-state index contributed by atoms with van der Waals surface area (Å²) in [5.74, 6) is 0. The Bertz CT molecular complexity index is 399. The molecule has 138 valence electrons. The molecule has 1 fully saturated rings. The molecule has 0 spiro atoms. The van der Waals surface area contributed by atoms with E-state index >= 15 is 0 Å². The summed E-state index contributed by atoms with van der Waals surface area (Å²) in [7, 11) is -1.17. The van der Waals surface area contributed by atoms with E-state index in [4.69, 9.17) is 4.43 Å². The second-order valence-corrected chi connectivity index (χ2v) is 12.1. The van der Waals surface area contributed by atoms with Gasteiger partial charge in [0, 0.05) is 0 Å². The van der Waals surface area contributed by atoms with Gasteiger partial charge in [-0.3, -0.25) is 0 Å². The highest BCUT2D eigenvalue weighted by Crippen LogP contribution is 2.55. The lowest BCUT2D eigenvalue weighted by Gasteiger charge is -2.65. The van der Waals surface area contributed by atoms with Gasteiger partial charge in [0.25, 0.3) is 0 Å². The smallest absolute Gasteiger partial charge is 0.171 e. The standard InChI is InChI=1S/C19H41NO2Si/c1-11-18(16(3,4)5)14-13-15(22-23(9)10)19(12-2,20(18)21)17(6,7)8/h15,21,23H,11-14H2,1-10H3. The van der Waals surface area contributed by atoms with Crippen LogP contribution in [0.3, 0.4) is 0 Å². The maximum atomic E-state index is 11.7. The first-order valence-corrected chi connectivity index (χ1v) is 12.2. The Balaban J connectivity index is 3.50.